The Labute approximate surface area is 173 Å². The summed E-state index contributed by atoms with van der Waals surface area (Å²) in [5.74, 6) is 1.05. The highest BCUT2D eigenvalue weighted by Crippen LogP contribution is 2.35. The third kappa shape index (κ3) is 5.20. The van der Waals surface area contributed by atoms with E-state index in [-0.39, 0.29) is 24.5 Å². The van der Waals surface area contributed by atoms with E-state index in [1.165, 1.54) is 11.3 Å². The molecule has 3 rings (SSSR count). The highest BCUT2D eigenvalue weighted by Gasteiger charge is 2.14. The predicted octanol–water partition coefficient (Wildman–Crippen LogP) is 4.74. The van der Waals surface area contributed by atoms with Gasteiger partial charge in [0.1, 0.15) is 11.5 Å². The molecular weight excluding hydrogens is 388 g/mol. The molecule has 0 bridgehead atoms. The zero-order valence-corrected chi connectivity index (χ0v) is 17.3. The lowest BCUT2D eigenvalue weighted by atomic mass is 10.1. The van der Waals surface area contributed by atoms with Gasteiger partial charge in [0.15, 0.2) is 10.9 Å². The van der Waals surface area contributed by atoms with Crippen LogP contribution in [-0.4, -0.2) is 30.9 Å². The molecule has 29 heavy (non-hydrogen) atoms. The lowest BCUT2D eigenvalue weighted by molar-refractivity contribution is -0.116. The van der Waals surface area contributed by atoms with Gasteiger partial charge in [-0.15, -0.1) is 11.3 Å². The highest BCUT2D eigenvalue weighted by atomic mass is 32.1. The van der Waals surface area contributed by atoms with Gasteiger partial charge in [0.2, 0.25) is 5.91 Å². The van der Waals surface area contributed by atoms with Gasteiger partial charge in [-0.05, 0) is 25.1 Å². The van der Waals surface area contributed by atoms with Crippen LogP contribution in [0.15, 0.2) is 47.8 Å². The number of nitrogens with one attached hydrogen (secondary N) is 1. The third-order valence-corrected chi connectivity index (χ3v) is 5.14. The van der Waals surface area contributed by atoms with E-state index in [2.05, 4.69) is 10.3 Å². The maximum Gasteiger partial charge on any atom is 0.226 e. The molecule has 6 nitrogen and oxygen atoms in total. The average molecular weight is 410 g/mol. The van der Waals surface area contributed by atoms with Crippen molar-refractivity contribution in [3.05, 3.63) is 59.0 Å². The number of carbonyl (C=O) groups excluding carboxylic acids is 2. The van der Waals surface area contributed by atoms with Gasteiger partial charge >= 0.3 is 0 Å². The van der Waals surface area contributed by atoms with Crippen molar-refractivity contribution in [3.8, 4) is 22.8 Å². The second-order valence-electron chi connectivity index (χ2n) is 6.44. The molecule has 3 aromatic rings. The summed E-state index contributed by atoms with van der Waals surface area (Å²) in [5.41, 5.74) is 3.16. The summed E-state index contributed by atoms with van der Waals surface area (Å²) in [5, 5.41) is 5.07. The molecule has 0 aliphatic carbocycles. The van der Waals surface area contributed by atoms with Crippen LogP contribution in [0, 0.1) is 6.92 Å². The van der Waals surface area contributed by atoms with Gasteiger partial charge in [0.25, 0.3) is 0 Å². The topological polar surface area (TPSA) is 77.5 Å². The molecule has 2 aromatic carbocycles. The first-order valence-corrected chi connectivity index (χ1v) is 9.95. The first-order chi connectivity index (χ1) is 14.0. The number of thiazole rings is 1. The van der Waals surface area contributed by atoms with Crippen LogP contribution in [0.4, 0.5) is 5.13 Å². The fourth-order valence-corrected chi connectivity index (χ4v) is 3.49. The van der Waals surface area contributed by atoms with Crippen LogP contribution < -0.4 is 14.8 Å². The van der Waals surface area contributed by atoms with Crippen molar-refractivity contribution in [1.82, 2.24) is 4.98 Å². The zero-order valence-electron chi connectivity index (χ0n) is 16.5. The van der Waals surface area contributed by atoms with Gasteiger partial charge in [-0.2, -0.15) is 0 Å². The number of carbonyl (C=O) groups is 2. The molecule has 0 aliphatic heterocycles. The maximum absolute atomic E-state index is 12.2. The number of hydrogen-bond acceptors (Lipinski definition) is 6. The first kappa shape index (κ1) is 20.5. The standard InChI is InChI=1S/C22H22N2O4S/c1-14-4-6-15(7-5-14)19(25)9-11-21(26)24-22-23-18(13-29-22)17-12-16(27-2)8-10-20(17)28-3/h4-8,10,12-13H,9,11H2,1-3H3,(H,23,24,26). The molecule has 0 fully saturated rings. The Bertz CT molecular complexity index is 1010. The lowest BCUT2D eigenvalue weighted by Gasteiger charge is -2.08. The largest absolute Gasteiger partial charge is 0.497 e. The number of benzene rings is 2. The summed E-state index contributed by atoms with van der Waals surface area (Å²) in [6.45, 7) is 1.96. The molecule has 150 valence electrons. The van der Waals surface area contributed by atoms with Crippen molar-refractivity contribution in [3.63, 3.8) is 0 Å². The zero-order chi connectivity index (χ0) is 20.8. The number of ether oxygens (including phenoxy) is 2. The molecule has 1 aromatic heterocycles. The van der Waals surface area contributed by atoms with Gasteiger partial charge in [0.05, 0.1) is 19.9 Å². The van der Waals surface area contributed by atoms with Gasteiger partial charge < -0.3 is 14.8 Å². The third-order valence-electron chi connectivity index (χ3n) is 4.39. The van der Waals surface area contributed by atoms with Crippen molar-refractivity contribution >= 4 is 28.2 Å². The number of anilines is 1. The highest BCUT2D eigenvalue weighted by molar-refractivity contribution is 7.14. The van der Waals surface area contributed by atoms with Crippen molar-refractivity contribution in [2.75, 3.05) is 19.5 Å². The molecule has 1 N–H and O–H groups in total. The van der Waals surface area contributed by atoms with Crippen LogP contribution in [0.1, 0.15) is 28.8 Å². The van der Waals surface area contributed by atoms with E-state index in [9.17, 15) is 9.59 Å². The number of aromatic nitrogens is 1. The Balaban J connectivity index is 1.62. The summed E-state index contributed by atoms with van der Waals surface area (Å²) < 4.78 is 10.7. The summed E-state index contributed by atoms with van der Waals surface area (Å²) in [4.78, 5) is 28.9. The molecule has 0 atom stereocenters. The second-order valence-corrected chi connectivity index (χ2v) is 7.30. The monoisotopic (exact) mass is 410 g/mol. The van der Waals surface area contributed by atoms with Crippen LogP contribution in [0.2, 0.25) is 0 Å². The number of ketones is 1. The Hall–Kier alpha value is -3.19. The van der Waals surface area contributed by atoms with Gasteiger partial charge in [-0.25, -0.2) is 4.98 Å². The number of amides is 1. The number of methoxy groups -OCH3 is 2. The number of Topliss-reactive ketones (excluding diaryl/α,β-unsaturated/α-hetero) is 1. The summed E-state index contributed by atoms with van der Waals surface area (Å²) in [7, 11) is 3.18. The molecular formula is C22H22N2O4S. The van der Waals surface area contributed by atoms with E-state index < -0.39 is 0 Å². The first-order valence-electron chi connectivity index (χ1n) is 9.08. The van der Waals surface area contributed by atoms with Gasteiger partial charge in [-0.1, -0.05) is 29.8 Å². The SMILES string of the molecule is COc1ccc(OC)c(-c2csc(NC(=O)CCC(=O)c3ccc(C)cc3)n2)c1. The molecule has 1 amide bonds. The Morgan fingerprint density at radius 1 is 1.03 bits per heavy atom. The minimum Gasteiger partial charge on any atom is -0.497 e. The van der Waals surface area contributed by atoms with Crippen molar-refractivity contribution < 1.29 is 19.1 Å². The minimum absolute atomic E-state index is 0.0545. The van der Waals surface area contributed by atoms with E-state index >= 15 is 0 Å². The van der Waals surface area contributed by atoms with Crippen molar-refractivity contribution in [1.29, 1.82) is 0 Å². The summed E-state index contributed by atoms with van der Waals surface area (Å²) in [6.07, 6.45) is 0.251. The Morgan fingerprint density at radius 3 is 2.48 bits per heavy atom. The Morgan fingerprint density at radius 2 is 1.79 bits per heavy atom. The average Bonchev–Trinajstić information content (AvgIpc) is 3.20. The van der Waals surface area contributed by atoms with E-state index in [0.717, 1.165) is 11.1 Å². The number of hydrogen-bond donors (Lipinski definition) is 1. The van der Waals surface area contributed by atoms with Crippen LogP contribution >= 0.6 is 11.3 Å². The van der Waals surface area contributed by atoms with E-state index in [0.29, 0.717) is 27.9 Å². The molecule has 0 radical (unpaired) electrons. The molecule has 7 heteroatoms. The summed E-state index contributed by atoms with van der Waals surface area (Å²) >= 11 is 1.31. The lowest BCUT2D eigenvalue weighted by Crippen LogP contribution is -2.13. The Kier molecular flexibility index (Phi) is 6.61. The van der Waals surface area contributed by atoms with Crippen molar-refractivity contribution in [2.24, 2.45) is 0 Å². The number of rotatable bonds is 8. The van der Waals surface area contributed by atoms with Crippen LogP contribution in [0.3, 0.4) is 0 Å². The van der Waals surface area contributed by atoms with Crippen molar-refractivity contribution in [2.45, 2.75) is 19.8 Å². The summed E-state index contributed by atoms with van der Waals surface area (Å²) in [6, 6.07) is 12.8. The van der Waals surface area contributed by atoms with Gasteiger partial charge in [-0.3, -0.25) is 9.59 Å². The molecule has 0 saturated heterocycles. The molecule has 0 spiro atoms. The molecule has 1 heterocycles. The quantitative estimate of drug-likeness (QED) is 0.543. The fourth-order valence-electron chi connectivity index (χ4n) is 2.76. The minimum atomic E-state index is -0.246. The van der Waals surface area contributed by atoms with E-state index in [1.54, 1.807) is 26.4 Å². The predicted molar refractivity (Wildman–Crippen MR) is 114 cm³/mol. The fraction of sp³-hybridized carbons (Fsp3) is 0.227. The number of nitrogens with zero attached hydrogens (tertiary/aromatic N) is 1. The second kappa shape index (κ2) is 9.34. The molecule has 0 aliphatic rings. The maximum atomic E-state index is 12.2. The van der Waals surface area contributed by atoms with Crippen LogP contribution in [-0.2, 0) is 4.79 Å². The normalized spacial score (nSPS) is 10.4. The van der Waals surface area contributed by atoms with E-state index in [4.69, 9.17) is 9.47 Å². The smallest absolute Gasteiger partial charge is 0.226 e. The number of aryl methyl sites for hydroxylation is 1. The van der Waals surface area contributed by atoms with Gasteiger partial charge in [0, 0.05) is 29.3 Å². The van der Waals surface area contributed by atoms with Crippen LogP contribution in [0.5, 0.6) is 11.5 Å². The molecule has 0 unspecified atom stereocenters. The molecule has 0 saturated carbocycles. The van der Waals surface area contributed by atoms with Crippen LogP contribution in [0.25, 0.3) is 11.3 Å². The van der Waals surface area contributed by atoms with E-state index in [1.807, 2.05) is 42.6 Å².